The number of ether oxygens (including phenoxy) is 1. The summed E-state index contributed by atoms with van der Waals surface area (Å²) in [6.07, 6.45) is 0.491. The molecule has 0 heterocycles. The first-order valence-corrected chi connectivity index (χ1v) is 7.51. The Hall–Kier alpha value is -1.74. The van der Waals surface area contributed by atoms with Crippen LogP contribution < -0.4 is 9.88 Å². The minimum absolute atomic E-state index is 0.0400. The molecule has 1 aromatic rings. The monoisotopic (exact) mass is 306 g/mol. The van der Waals surface area contributed by atoms with Gasteiger partial charge in [-0.15, -0.1) is 0 Å². The Morgan fingerprint density at radius 2 is 2.15 bits per heavy atom. The summed E-state index contributed by atoms with van der Waals surface area (Å²) in [7, 11) is -3.63. The molecule has 0 aliphatic heterocycles. The lowest BCUT2D eigenvalue weighted by Crippen LogP contribution is -2.26. The number of hydrogen-bond acceptors (Lipinski definition) is 5. The molecule has 1 atom stereocenters. The first-order chi connectivity index (χ1) is 9.23. The largest absolute Gasteiger partial charge is 0.490 e. The molecule has 0 saturated carbocycles. The van der Waals surface area contributed by atoms with E-state index in [1.165, 1.54) is 0 Å². The molecular weight excluding hydrogens is 291 g/mol. The van der Waals surface area contributed by atoms with Crippen LogP contribution in [0.4, 0.5) is 10.1 Å². The zero-order chi connectivity index (χ0) is 15.3. The van der Waals surface area contributed by atoms with E-state index in [4.69, 9.17) is 9.88 Å². The van der Waals surface area contributed by atoms with Gasteiger partial charge in [-0.3, -0.25) is 10.1 Å². The van der Waals surface area contributed by atoms with E-state index in [0.29, 0.717) is 6.42 Å². The Morgan fingerprint density at radius 3 is 2.60 bits per heavy atom. The molecule has 0 fully saturated rings. The van der Waals surface area contributed by atoms with Crippen molar-refractivity contribution >= 4 is 15.7 Å². The Kier molecular flexibility index (Phi) is 5.40. The number of nitro groups is 1. The first-order valence-electron chi connectivity index (χ1n) is 5.80. The van der Waals surface area contributed by atoms with Crippen molar-refractivity contribution in [1.82, 2.24) is 0 Å². The second kappa shape index (κ2) is 6.62. The highest BCUT2D eigenvalue weighted by molar-refractivity contribution is 7.89. The predicted molar refractivity (Wildman–Crippen MR) is 70.3 cm³/mol. The topological polar surface area (TPSA) is 113 Å². The molecule has 0 bridgehead atoms. The van der Waals surface area contributed by atoms with Gasteiger partial charge in [0.15, 0.2) is 11.6 Å². The van der Waals surface area contributed by atoms with E-state index in [1.54, 1.807) is 6.92 Å². The quantitative estimate of drug-likeness (QED) is 0.604. The molecule has 1 unspecified atom stereocenters. The van der Waals surface area contributed by atoms with Crippen molar-refractivity contribution < 1.29 is 22.5 Å². The van der Waals surface area contributed by atoms with E-state index >= 15 is 0 Å². The van der Waals surface area contributed by atoms with E-state index in [1.807, 2.05) is 0 Å². The fraction of sp³-hybridized carbons (Fsp3) is 0.455. The van der Waals surface area contributed by atoms with Crippen molar-refractivity contribution in [2.45, 2.75) is 13.3 Å². The summed E-state index contributed by atoms with van der Waals surface area (Å²) in [4.78, 5) is 9.73. The highest BCUT2D eigenvalue weighted by atomic mass is 32.2. The maximum Gasteiger partial charge on any atom is 0.272 e. The lowest BCUT2D eigenvalue weighted by Gasteiger charge is -2.15. The maximum atomic E-state index is 13.5. The van der Waals surface area contributed by atoms with E-state index in [9.17, 15) is 22.9 Å². The average Bonchev–Trinajstić information content (AvgIpc) is 2.34. The van der Waals surface area contributed by atoms with Crippen LogP contribution in [0.5, 0.6) is 5.75 Å². The van der Waals surface area contributed by atoms with Crippen molar-refractivity contribution in [3.63, 3.8) is 0 Å². The van der Waals surface area contributed by atoms with Crippen molar-refractivity contribution in [2.75, 3.05) is 12.4 Å². The second-order valence-electron chi connectivity index (χ2n) is 4.29. The Balaban J connectivity index is 2.71. The smallest absolute Gasteiger partial charge is 0.272 e. The molecule has 9 heteroatoms. The van der Waals surface area contributed by atoms with Gasteiger partial charge in [-0.2, -0.15) is 0 Å². The Morgan fingerprint density at radius 1 is 1.50 bits per heavy atom. The molecule has 0 aliphatic rings. The van der Waals surface area contributed by atoms with Gasteiger partial charge in [0.1, 0.15) is 0 Å². The molecule has 2 N–H and O–H groups in total. The maximum absolute atomic E-state index is 13.5. The summed E-state index contributed by atoms with van der Waals surface area (Å²) in [5, 5.41) is 15.4. The number of non-ortho nitro benzene ring substituents is 1. The molecule has 0 saturated heterocycles. The normalized spacial score (nSPS) is 12.9. The number of rotatable bonds is 7. The van der Waals surface area contributed by atoms with Crippen molar-refractivity contribution in [2.24, 2.45) is 11.1 Å². The molecule has 1 rings (SSSR count). The number of nitrogens with two attached hydrogens (primary N) is 1. The van der Waals surface area contributed by atoms with Gasteiger partial charge in [-0.25, -0.2) is 17.9 Å². The van der Waals surface area contributed by atoms with Crippen LogP contribution in [0.2, 0.25) is 0 Å². The molecule has 0 aliphatic carbocycles. The van der Waals surface area contributed by atoms with Crippen LogP contribution in [0.1, 0.15) is 13.3 Å². The van der Waals surface area contributed by atoms with E-state index < -0.39 is 20.8 Å². The highest BCUT2D eigenvalue weighted by Crippen LogP contribution is 2.23. The average molecular weight is 306 g/mol. The number of sulfonamides is 1. The minimum atomic E-state index is -3.63. The number of hydrogen-bond donors (Lipinski definition) is 1. The van der Waals surface area contributed by atoms with Crippen molar-refractivity contribution in [3.8, 4) is 5.75 Å². The van der Waals surface area contributed by atoms with Gasteiger partial charge in [-0.05, 0) is 12.5 Å². The predicted octanol–water partition coefficient (Wildman–Crippen LogP) is 1.43. The molecular formula is C11H15FN2O5S. The van der Waals surface area contributed by atoms with Crippen LogP contribution >= 0.6 is 0 Å². The van der Waals surface area contributed by atoms with E-state index in [2.05, 4.69) is 0 Å². The van der Waals surface area contributed by atoms with Gasteiger partial charge >= 0.3 is 0 Å². The zero-order valence-corrected chi connectivity index (χ0v) is 11.6. The summed E-state index contributed by atoms with van der Waals surface area (Å²) < 4.78 is 40.6. The number of halogens is 1. The van der Waals surface area contributed by atoms with Crippen LogP contribution in [-0.4, -0.2) is 25.7 Å². The molecule has 1 aromatic carbocycles. The van der Waals surface area contributed by atoms with Crippen molar-refractivity contribution in [3.05, 3.63) is 34.1 Å². The Bertz CT molecular complexity index is 590. The summed E-state index contributed by atoms with van der Waals surface area (Å²) in [5.74, 6) is -1.68. The van der Waals surface area contributed by atoms with Crippen molar-refractivity contribution in [1.29, 1.82) is 0 Å². The fourth-order valence-corrected chi connectivity index (χ4v) is 2.53. The lowest BCUT2D eigenvalue weighted by atomic mass is 10.1. The lowest BCUT2D eigenvalue weighted by molar-refractivity contribution is -0.385. The van der Waals surface area contributed by atoms with E-state index in [0.717, 1.165) is 18.2 Å². The van der Waals surface area contributed by atoms with Crippen LogP contribution in [0.3, 0.4) is 0 Å². The zero-order valence-electron chi connectivity index (χ0n) is 10.8. The first kappa shape index (κ1) is 16.3. The molecule has 0 aromatic heterocycles. The van der Waals surface area contributed by atoms with Gasteiger partial charge in [0.25, 0.3) is 5.69 Å². The number of benzene rings is 1. The molecule has 7 nitrogen and oxygen atoms in total. The second-order valence-corrected chi connectivity index (χ2v) is 5.95. The molecule has 0 amide bonds. The molecule has 20 heavy (non-hydrogen) atoms. The summed E-state index contributed by atoms with van der Waals surface area (Å²) in [6.45, 7) is 1.72. The van der Waals surface area contributed by atoms with E-state index in [-0.39, 0.29) is 29.7 Å². The summed E-state index contributed by atoms with van der Waals surface area (Å²) in [6, 6.07) is 2.99. The Labute approximate surface area is 115 Å². The number of primary sulfonamides is 1. The van der Waals surface area contributed by atoms with Gasteiger partial charge in [0.05, 0.1) is 23.3 Å². The van der Waals surface area contributed by atoms with Gasteiger partial charge < -0.3 is 4.74 Å². The minimum Gasteiger partial charge on any atom is -0.490 e. The van der Waals surface area contributed by atoms with Gasteiger partial charge in [0, 0.05) is 12.0 Å². The molecule has 112 valence electrons. The van der Waals surface area contributed by atoms with Gasteiger partial charge in [-0.1, -0.05) is 6.92 Å². The van der Waals surface area contributed by atoms with Crippen LogP contribution in [0.15, 0.2) is 18.2 Å². The van der Waals surface area contributed by atoms with Crippen LogP contribution in [-0.2, 0) is 10.0 Å². The number of nitrogens with zero attached hydrogens (tertiary/aromatic N) is 1. The number of nitro benzene ring substituents is 1. The SMILES string of the molecule is CCC(COc1ccc([N+](=O)[O-])cc1F)CS(N)(=O)=O. The third-order valence-corrected chi connectivity index (χ3v) is 3.58. The summed E-state index contributed by atoms with van der Waals surface area (Å²) in [5.41, 5.74) is -0.383. The fourth-order valence-electron chi connectivity index (χ4n) is 1.54. The van der Waals surface area contributed by atoms with Crippen LogP contribution in [0, 0.1) is 21.8 Å². The van der Waals surface area contributed by atoms with Crippen LogP contribution in [0.25, 0.3) is 0 Å². The van der Waals surface area contributed by atoms with Gasteiger partial charge in [0.2, 0.25) is 10.0 Å². The standard InChI is InChI=1S/C11H15FN2O5S/c1-2-8(7-20(13,17)18)6-19-11-4-3-9(14(15)16)5-10(11)12/h3-5,8H,2,6-7H2,1H3,(H2,13,17,18). The summed E-state index contributed by atoms with van der Waals surface area (Å²) >= 11 is 0. The highest BCUT2D eigenvalue weighted by Gasteiger charge is 2.17. The third-order valence-electron chi connectivity index (χ3n) is 2.65. The third kappa shape index (κ3) is 5.10. The molecule has 0 radical (unpaired) electrons. The molecule has 0 spiro atoms.